The van der Waals surface area contributed by atoms with Crippen molar-refractivity contribution in [3.63, 3.8) is 0 Å². The zero-order valence-electron chi connectivity index (χ0n) is 18.0. The smallest absolute Gasteiger partial charge is 0.263 e. The summed E-state index contributed by atoms with van der Waals surface area (Å²) in [6.07, 6.45) is 12.5. The van der Waals surface area contributed by atoms with Crippen LogP contribution in [-0.2, 0) is 14.3 Å². The van der Waals surface area contributed by atoms with Crippen molar-refractivity contribution in [1.29, 1.82) is 0 Å². The molecule has 7 atom stereocenters. The first-order valence-corrected chi connectivity index (χ1v) is 13.2. The fourth-order valence-electron chi connectivity index (χ4n) is 8.12. The van der Waals surface area contributed by atoms with Gasteiger partial charge in [-0.15, -0.1) is 0 Å². The van der Waals surface area contributed by atoms with Gasteiger partial charge in [-0.1, -0.05) is 38.5 Å². The van der Waals surface area contributed by atoms with Crippen molar-refractivity contribution < 1.29 is 12.6 Å². The predicted octanol–water partition coefficient (Wildman–Crippen LogP) is 6.19. The van der Waals surface area contributed by atoms with Gasteiger partial charge in [-0.3, -0.25) is 4.18 Å². The summed E-state index contributed by atoms with van der Waals surface area (Å²) in [5.41, 5.74) is 0.984. The number of benzene rings is 1. The van der Waals surface area contributed by atoms with Crippen molar-refractivity contribution in [2.75, 3.05) is 0 Å². The van der Waals surface area contributed by atoms with Crippen LogP contribution in [0.25, 0.3) is 0 Å². The minimum atomic E-state index is -3.66. The Kier molecular flexibility index (Phi) is 4.90. The molecule has 0 bridgehead atoms. The maximum atomic E-state index is 12.7. The van der Waals surface area contributed by atoms with E-state index < -0.39 is 10.1 Å². The zero-order chi connectivity index (χ0) is 20.3. The Balaban J connectivity index is 1.31. The molecule has 160 valence electrons. The van der Waals surface area contributed by atoms with E-state index in [0.29, 0.717) is 16.7 Å². The van der Waals surface area contributed by atoms with E-state index in [1.807, 2.05) is 6.07 Å². The summed E-state index contributed by atoms with van der Waals surface area (Å²) in [6, 6.07) is 8.62. The van der Waals surface area contributed by atoms with Crippen LogP contribution in [0.3, 0.4) is 0 Å². The average Bonchev–Trinajstić information content (AvgIpc) is 3.10. The van der Waals surface area contributed by atoms with Gasteiger partial charge in [-0.2, -0.15) is 8.42 Å². The highest BCUT2D eigenvalue weighted by Crippen LogP contribution is 2.66. The molecule has 29 heavy (non-hydrogen) atoms. The van der Waals surface area contributed by atoms with E-state index in [-0.39, 0.29) is 11.0 Å². The molecule has 0 heterocycles. The van der Waals surface area contributed by atoms with Crippen molar-refractivity contribution in [2.45, 2.75) is 89.1 Å². The molecule has 0 aromatic heterocycles. The topological polar surface area (TPSA) is 43.4 Å². The van der Waals surface area contributed by atoms with Gasteiger partial charge in [-0.25, -0.2) is 0 Å². The largest absolute Gasteiger partial charge is 0.297 e. The maximum absolute atomic E-state index is 12.7. The standard InChI is InChI=1S/C25H36O3S/c1-24-14-6-9-22(24)21-11-10-18-17-19(12-16-25(18,2)23(21)13-15-24)28-29(26,27)20-7-4-3-5-8-20/h3-5,7-8,18-19,21-23H,6,9-17H2,1-2H3/t18-,19+,21-,22+,23+,24+,25-/m0/s1. The van der Waals surface area contributed by atoms with Gasteiger partial charge in [0.1, 0.15) is 0 Å². The monoisotopic (exact) mass is 416 g/mol. The van der Waals surface area contributed by atoms with E-state index in [0.717, 1.165) is 37.0 Å². The number of hydrogen-bond acceptors (Lipinski definition) is 3. The molecule has 0 unspecified atom stereocenters. The van der Waals surface area contributed by atoms with Crippen molar-refractivity contribution in [1.82, 2.24) is 0 Å². The molecule has 0 radical (unpaired) electrons. The van der Waals surface area contributed by atoms with Gasteiger partial charge in [0.15, 0.2) is 0 Å². The summed E-state index contributed by atoms with van der Waals surface area (Å²) in [7, 11) is -3.66. The molecule has 0 aliphatic heterocycles. The Hall–Kier alpha value is -0.870. The third-order valence-electron chi connectivity index (χ3n) is 9.69. The quantitative estimate of drug-likeness (QED) is 0.552. The first-order chi connectivity index (χ1) is 13.8. The predicted molar refractivity (Wildman–Crippen MR) is 115 cm³/mol. The second-order valence-electron chi connectivity index (χ2n) is 11.0. The van der Waals surface area contributed by atoms with Crippen molar-refractivity contribution in [3.05, 3.63) is 30.3 Å². The first-order valence-electron chi connectivity index (χ1n) is 11.8. The van der Waals surface area contributed by atoms with Crippen LogP contribution in [0.1, 0.15) is 78.1 Å². The van der Waals surface area contributed by atoms with E-state index in [2.05, 4.69) is 13.8 Å². The lowest BCUT2D eigenvalue weighted by Gasteiger charge is -2.60. The lowest BCUT2D eigenvalue weighted by molar-refractivity contribution is -0.117. The van der Waals surface area contributed by atoms with Gasteiger partial charge in [0, 0.05) is 0 Å². The molecule has 4 saturated carbocycles. The van der Waals surface area contributed by atoms with E-state index in [4.69, 9.17) is 4.18 Å². The molecule has 0 saturated heterocycles. The van der Waals surface area contributed by atoms with Crippen LogP contribution in [0, 0.1) is 34.5 Å². The second kappa shape index (κ2) is 7.09. The Bertz CT molecular complexity index is 850. The number of fused-ring (bicyclic) bond motifs is 5. The van der Waals surface area contributed by atoms with Gasteiger partial charge in [0.25, 0.3) is 10.1 Å². The molecular formula is C25H36O3S. The van der Waals surface area contributed by atoms with E-state index in [9.17, 15) is 8.42 Å². The lowest BCUT2D eigenvalue weighted by Crippen LogP contribution is -2.53. The molecule has 4 aliphatic carbocycles. The maximum Gasteiger partial charge on any atom is 0.297 e. The van der Waals surface area contributed by atoms with Crippen LogP contribution in [0.15, 0.2) is 35.2 Å². The fourth-order valence-corrected chi connectivity index (χ4v) is 9.26. The molecule has 0 spiro atoms. The van der Waals surface area contributed by atoms with Gasteiger partial charge < -0.3 is 0 Å². The highest BCUT2D eigenvalue weighted by atomic mass is 32.2. The third kappa shape index (κ3) is 3.29. The fraction of sp³-hybridized carbons (Fsp3) is 0.760. The van der Waals surface area contributed by atoms with Crippen molar-refractivity contribution in [3.8, 4) is 0 Å². The Morgan fingerprint density at radius 1 is 0.897 bits per heavy atom. The minimum absolute atomic E-state index is 0.157. The Labute approximate surface area is 176 Å². The summed E-state index contributed by atoms with van der Waals surface area (Å²) in [4.78, 5) is 0.282. The minimum Gasteiger partial charge on any atom is -0.263 e. The molecule has 3 nitrogen and oxygen atoms in total. The Morgan fingerprint density at radius 2 is 1.69 bits per heavy atom. The molecule has 4 heteroatoms. The van der Waals surface area contributed by atoms with Crippen LogP contribution in [-0.4, -0.2) is 14.5 Å². The zero-order valence-corrected chi connectivity index (χ0v) is 18.8. The molecule has 5 rings (SSSR count). The molecule has 4 aliphatic rings. The highest BCUT2D eigenvalue weighted by Gasteiger charge is 2.58. The molecule has 0 amide bonds. The summed E-state index contributed by atoms with van der Waals surface area (Å²) in [5.74, 6) is 3.29. The van der Waals surface area contributed by atoms with Crippen LogP contribution in [0.2, 0.25) is 0 Å². The molecule has 4 fully saturated rings. The van der Waals surface area contributed by atoms with Crippen molar-refractivity contribution >= 4 is 10.1 Å². The van der Waals surface area contributed by atoms with Crippen LogP contribution in [0.5, 0.6) is 0 Å². The average molecular weight is 417 g/mol. The molecular weight excluding hydrogens is 380 g/mol. The lowest BCUT2D eigenvalue weighted by atomic mass is 9.45. The Morgan fingerprint density at radius 3 is 2.48 bits per heavy atom. The van der Waals surface area contributed by atoms with E-state index in [1.54, 1.807) is 24.3 Å². The van der Waals surface area contributed by atoms with Crippen LogP contribution in [0.4, 0.5) is 0 Å². The van der Waals surface area contributed by atoms with E-state index >= 15 is 0 Å². The highest BCUT2D eigenvalue weighted by molar-refractivity contribution is 7.86. The molecule has 0 N–H and O–H groups in total. The summed E-state index contributed by atoms with van der Waals surface area (Å²) < 4.78 is 31.2. The van der Waals surface area contributed by atoms with Gasteiger partial charge in [0.2, 0.25) is 0 Å². The summed E-state index contributed by atoms with van der Waals surface area (Å²) >= 11 is 0. The van der Waals surface area contributed by atoms with Crippen LogP contribution < -0.4 is 0 Å². The SMILES string of the molecule is C[C@]12CCC[C@@H]1[C@@H]1CC[C@H]3C[C@H](OS(=O)(=O)c4ccccc4)CC[C@]3(C)[C@@H]1CC2. The summed E-state index contributed by atoms with van der Waals surface area (Å²) in [5, 5.41) is 0. The second-order valence-corrected chi connectivity index (χ2v) is 12.6. The van der Waals surface area contributed by atoms with Crippen LogP contribution >= 0.6 is 0 Å². The van der Waals surface area contributed by atoms with Gasteiger partial charge >= 0.3 is 0 Å². The first kappa shape index (κ1) is 20.1. The summed E-state index contributed by atoms with van der Waals surface area (Å²) in [6.45, 7) is 5.10. The van der Waals surface area contributed by atoms with Crippen molar-refractivity contribution in [2.24, 2.45) is 34.5 Å². The molecule has 1 aromatic carbocycles. The van der Waals surface area contributed by atoms with Gasteiger partial charge in [-0.05, 0) is 104 Å². The normalized spacial score (nSPS) is 44.6. The number of rotatable bonds is 3. The third-order valence-corrected chi connectivity index (χ3v) is 11.1. The van der Waals surface area contributed by atoms with E-state index in [1.165, 1.54) is 44.9 Å². The number of hydrogen-bond donors (Lipinski definition) is 0. The molecule has 1 aromatic rings. The van der Waals surface area contributed by atoms with Gasteiger partial charge in [0.05, 0.1) is 11.0 Å².